The topological polar surface area (TPSA) is 45.8 Å². The average molecular weight is 222 g/mol. The van der Waals surface area contributed by atoms with Gasteiger partial charge in [0.25, 0.3) is 0 Å². The van der Waals surface area contributed by atoms with Crippen molar-refractivity contribution in [1.82, 2.24) is 10.2 Å². The van der Waals surface area contributed by atoms with Gasteiger partial charge in [0.1, 0.15) is 5.69 Å². The van der Waals surface area contributed by atoms with E-state index in [0.29, 0.717) is 5.56 Å². The van der Waals surface area contributed by atoms with E-state index in [1.165, 1.54) is 0 Å². The molecular weight excluding hydrogens is 212 g/mol. The first-order chi connectivity index (χ1) is 8.40. The third-order valence-corrected chi connectivity index (χ3v) is 2.80. The van der Waals surface area contributed by atoms with Gasteiger partial charge in [-0.25, -0.2) is 0 Å². The quantitative estimate of drug-likeness (QED) is 0.677. The predicted octanol–water partition coefficient (Wildman–Crippen LogP) is 3.04. The van der Waals surface area contributed by atoms with Crippen LogP contribution in [0.1, 0.15) is 10.4 Å². The molecule has 0 spiro atoms. The second-order valence-electron chi connectivity index (χ2n) is 3.83. The van der Waals surface area contributed by atoms with Crippen LogP contribution in [0.4, 0.5) is 0 Å². The fourth-order valence-electron chi connectivity index (χ4n) is 2.00. The van der Waals surface area contributed by atoms with Gasteiger partial charge in [0, 0.05) is 16.5 Å². The first-order valence-electron chi connectivity index (χ1n) is 5.38. The predicted molar refractivity (Wildman–Crippen MR) is 66.9 cm³/mol. The fourth-order valence-corrected chi connectivity index (χ4v) is 2.00. The Balaban J connectivity index is 2.35. The fraction of sp³-hybridized carbons (Fsp3) is 0. The summed E-state index contributed by atoms with van der Waals surface area (Å²) in [5.41, 5.74) is 3.37. The van der Waals surface area contributed by atoms with Crippen LogP contribution in [0, 0.1) is 0 Å². The van der Waals surface area contributed by atoms with Crippen LogP contribution in [0.15, 0.2) is 48.5 Å². The summed E-state index contributed by atoms with van der Waals surface area (Å²) in [5, 5.41) is 8.13. The van der Waals surface area contributed by atoms with Crippen molar-refractivity contribution in [2.75, 3.05) is 0 Å². The molecule has 3 aromatic rings. The lowest BCUT2D eigenvalue weighted by Gasteiger charge is -1.99. The molecule has 1 heterocycles. The number of hydrogen-bond donors (Lipinski definition) is 1. The van der Waals surface area contributed by atoms with Crippen LogP contribution >= 0.6 is 0 Å². The maximum atomic E-state index is 11.1. The number of aromatic amines is 1. The summed E-state index contributed by atoms with van der Waals surface area (Å²) in [5.74, 6) is 0. The van der Waals surface area contributed by atoms with E-state index in [1.54, 1.807) is 6.07 Å². The zero-order chi connectivity index (χ0) is 11.7. The maximum Gasteiger partial charge on any atom is 0.150 e. The monoisotopic (exact) mass is 222 g/mol. The normalized spacial score (nSPS) is 10.6. The van der Waals surface area contributed by atoms with Crippen molar-refractivity contribution in [1.29, 1.82) is 0 Å². The molecule has 0 atom stereocenters. The number of fused-ring (bicyclic) bond motifs is 1. The summed E-state index contributed by atoms with van der Waals surface area (Å²) < 4.78 is 0. The standard InChI is InChI=1S/C14H10N2O/c17-9-11-7-4-8-12-13(11)14(16-15-12)10-5-2-1-3-6-10/h1-9H,(H,15,16). The SMILES string of the molecule is O=Cc1cccc2[nH]nc(-c3ccccc3)c12. The highest BCUT2D eigenvalue weighted by molar-refractivity contribution is 6.04. The first-order valence-corrected chi connectivity index (χ1v) is 5.38. The molecule has 17 heavy (non-hydrogen) atoms. The lowest BCUT2D eigenvalue weighted by molar-refractivity contribution is 0.112. The van der Waals surface area contributed by atoms with Crippen LogP contribution in [-0.4, -0.2) is 16.5 Å². The zero-order valence-corrected chi connectivity index (χ0v) is 9.05. The molecule has 0 amide bonds. The highest BCUT2D eigenvalue weighted by Crippen LogP contribution is 2.27. The van der Waals surface area contributed by atoms with Crippen LogP contribution < -0.4 is 0 Å². The van der Waals surface area contributed by atoms with E-state index in [4.69, 9.17) is 0 Å². The third-order valence-electron chi connectivity index (χ3n) is 2.80. The summed E-state index contributed by atoms with van der Waals surface area (Å²) in [6.45, 7) is 0. The molecule has 1 N–H and O–H groups in total. The lowest BCUT2D eigenvalue weighted by atomic mass is 10.0. The number of nitrogens with zero attached hydrogens (tertiary/aromatic N) is 1. The molecular formula is C14H10N2O. The second-order valence-corrected chi connectivity index (χ2v) is 3.83. The molecule has 0 saturated heterocycles. The highest BCUT2D eigenvalue weighted by atomic mass is 16.1. The van der Waals surface area contributed by atoms with Crippen molar-refractivity contribution < 1.29 is 4.79 Å². The molecule has 0 unspecified atom stereocenters. The first kappa shape index (κ1) is 9.78. The Morgan fingerprint density at radius 1 is 1.00 bits per heavy atom. The molecule has 0 bridgehead atoms. The lowest BCUT2D eigenvalue weighted by Crippen LogP contribution is -1.83. The Morgan fingerprint density at radius 2 is 1.82 bits per heavy atom. The van der Waals surface area contributed by atoms with Gasteiger partial charge in [-0.2, -0.15) is 5.10 Å². The molecule has 0 aliphatic rings. The van der Waals surface area contributed by atoms with Gasteiger partial charge >= 0.3 is 0 Å². The highest BCUT2D eigenvalue weighted by Gasteiger charge is 2.10. The number of benzene rings is 2. The van der Waals surface area contributed by atoms with Gasteiger partial charge < -0.3 is 0 Å². The summed E-state index contributed by atoms with van der Waals surface area (Å²) in [6, 6.07) is 15.4. The number of carbonyl (C=O) groups excluding carboxylic acids is 1. The summed E-state index contributed by atoms with van der Waals surface area (Å²) >= 11 is 0. The molecule has 3 heteroatoms. The Kier molecular flexibility index (Phi) is 2.22. The Labute approximate surface area is 98.1 Å². The third kappa shape index (κ3) is 1.52. The molecule has 0 aliphatic heterocycles. The molecule has 3 nitrogen and oxygen atoms in total. The van der Waals surface area contributed by atoms with Crippen molar-refractivity contribution in [2.24, 2.45) is 0 Å². The smallest absolute Gasteiger partial charge is 0.150 e. The van der Waals surface area contributed by atoms with Crippen LogP contribution in [0.3, 0.4) is 0 Å². The Bertz CT molecular complexity index is 671. The minimum Gasteiger partial charge on any atom is -0.298 e. The van der Waals surface area contributed by atoms with E-state index in [-0.39, 0.29) is 0 Å². The Hall–Kier alpha value is -2.42. The van der Waals surface area contributed by atoms with Gasteiger partial charge in [0.15, 0.2) is 6.29 Å². The number of H-pyrrole nitrogens is 1. The van der Waals surface area contributed by atoms with Crippen LogP contribution in [0.25, 0.3) is 22.2 Å². The minimum atomic E-state index is 0.662. The van der Waals surface area contributed by atoms with Crippen molar-refractivity contribution in [3.63, 3.8) is 0 Å². The number of hydrogen-bond acceptors (Lipinski definition) is 2. The van der Waals surface area contributed by atoms with Gasteiger partial charge in [0.2, 0.25) is 0 Å². The maximum absolute atomic E-state index is 11.1. The number of aldehydes is 1. The van der Waals surface area contributed by atoms with E-state index >= 15 is 0 Å². The molecule has 0 saturated carbocycles. The number of aromatic nitrogens is 2. The van der Waals surface area contributed by atoms with E-state index in [2.05, 4.69) is 10.2 Å². The molecule has 0 fully saturated rings. The number of carbonyl (C=O) groups is 1. The van der Waals surface area contributed by atoms with Crippen LogP contribution in [0.2, 0.25) is 0 Å². The van der Waals surface area contributed by atoms with Crippen LogP contribution in [-0.2, 0) is 0 Å². The van der Waals surface area contributed by atoms with Crippen molar-refractivity contribution in [3.05, 3.63) is 54.1 Å². The van der Waals surface area contributed by atoms with Gasteiger partial charge in [-0.05, 0) is 6.07 Å². The molecule has 82 valence electrons. The number of nitrogens with one attached hydrogen (secondary N) is 1. The van der Waals surface area contributed by atoms with E-state index in [0.717, 1.165) is 28.4 Å². The number of rotatable bonds is 2. The molecule has 1 aromatic heterocycles. The van der Waals surface area contributed by atoms with E-state index in [9.17, 15) is 4.79 Å². The van der Waals surface area contributed by atoms with Crippen molar-refractivity contribution in [2.45, 2.75) is 0 Å². The van der Waals surface area contributed by atoms with Gasteiger partial charge in [-0.1, -0.05) is 42.5 Å². The van der Waals surface area contributed by atoms with Crippen molar-refractivity contribution >= 4 is 17.2 Å². The summed E-state index contributed by atoms with van der Waals surface area (Å²) in [6.07, 6.45) is 0.865. The molecule has 0 aliphatic carbocycles. The van der Waals surface area contributed by atoms with E-state index < -0.39 is 0 Å². The van der Waals surface area contributed by atoms with E-state index in [1.807, 2.05) is 42.5 Å². The molecule has 2 aromatic carbocycles. The zero-order valence-electron chi connectivity index (χ0n) is 9.05. The van der Waals surface area contributed by atoms with Crippen molar-refractivity contribution in [3.8, 4) is 11.3 Å². The largest absolute Gasteiger partial charge is 0.298 e. The van der Waals surface area contributed by atoms with Gasteiger partial charge in [-0.3, -0.25) is 9.89 Å². The second kappa shape index (κ2) is 3.87. The van der Waals surface area contributed by atoms with Gasteiger partial charge in [-0.15, -0.1) is 0 Å². The molecule has 3 rings (SSSR count). The van der Waals surface area contributed by atoms with Crippen LogP contribution in [0.5, 0.6) is 0 Å². The summed E-state index contributed by atoms with van der Waals surface area (Å²) in [7, 11) is 0. The van der Waals surface area contributed by atoms with Gasteiger partial charge in [0.05, 0.1) is 5.52 Å². The Morgan fingerprint density at radius 3 is 2.59 bits per heavy atom. The molecule has 0 radical (unpaired) electrons. The average Bonchev–Trinajstić information content (AvgIpc) is 2.83. The summed E-state index contributed by atoms with van der Waals surface area (Å²) in [4.78, 5) is 11.1. The minimum absolute atomic E-state index is 0.662.